The summed E-state index contributed by atoms with van der Waals surface area (Å²) < 4.78 is 10.3. The first kappa shape index (κ1) is 12.5. The van der Waals surface area contributed by atoms with Crippen LogP contribution in [0.3, 0.4) is 0 Å². The van der Waals surface area contributed by atoms with Crippen LogP contribution in [0.1, 0.15) is 20.3 Å². The molecule has 1 aliphatic heterocycles. The molecule has 0 saturated carbocycles. The molecule has 1 N–H and O–H groups in total. The van der Waals surface area contributed by atoms with E-state index in [4.69, 9.17) is 9.47 Å². The Kier molecular flexibility index (Phi) is 4.54. The van der Waals surface area contributed by atoms with Gasteiger partial charge in [-0.2, -0.15) is 0 Å². The first-order valence-corrected chi connectivity index (χ1v) is 5.56. The second-order valence-corrected chi connectivity index (χ2v) is 4.08. The van der Waals surface area contributed by atoms with E-state index in [0.717, 1.165) is 13.0 Å². The van der Waals surface area contributed by atoms with E-state index in [1.54, 1.807) is 7.11 Å². The van der Waals surface area contributed by atoms with Gasteiger partial charge in [0.05, 0.1) is 19.1 Å². The third-order valence-electron chi connectivity index (χ3n) is 3.27. The lowest BCUT2D eigenvalue weighted by atomic mass is 9.76. The topological polar surface area (TPSA) is 47.6 Å². The van der Waals surface area contributed by atoms with Crippen molar-refractivity contribution in [1.82, 2.24) is 5.32 Å². The summed E-state index contributed by atoms with van der Waals surface area (Å²) in [4.78, 5) is 11.8. The van der Waals surface area contributed by atoms with E-state index in [1.165, 1.54) is 0 Å². The summed E-state index contributed by atoms with van der Waals surface area (Å²) in [6, 6.07) is 0. The highest BCUT2D eigenvalue weighted by molar-refractivity contribution is 5.74. The summed E-state index contributed by atoms with van der Waals surface area (Å²) in [5.74, 6) is -0.163. The van der Waals surface area contributed by atoms with E-state index in [1.807, 2.05) is 6.92 Å². The van der Waals surface area contributed by atoms with E-state index >= 15 is 0 Å². The first-order chi connectivity index (χ1) is 7.20. The molecule has 1 saturated heterocycles. The van der Waals surface area contributed by atoms with Gasteiger partial charge in [-0.05, 0) is 13.3 Å². The molecule has 0 aromatic carbocycles. The van der Waals surface area contributed by atoms with E-state index in [2.05, 4.69) is 12.2 Å². The van der Waals surface area contributed by atoms with Crippen molar-refractivity contribution in [2.24, 2.45) is 11.3 Å². The maximum absolute atomic E-state index is 11.8. The Morgan fingerprint density at radius 3 is 2.80 bits per heavy atom. The number of ether oxygens (including phenoxy) is 2. The van der Waals surface area contributed by atoms with Crippen LogP contribution in [0.15, 0.2) is 0 Å². The molecule has 1 heterocycles. The fourth-order valence-electron chi connectivity index (χ4n) is 2.29. The van der Waals surface area contributed by atoms with E-state index in [0.29, 0.717) is 19.8 Å². The lowest BCUT2D eigenvalue weighted by Crippen LogP contribution is -2.39. The number of nitrogens with one attached hydrogen (secondary N) is 1. The molecule has 1 rings (SSSR count). The molecule has 0 aromatic rings. The Labute approximate surface area is 91.3 Å². The van der Waals surface area contributed by atoms with Gasteiger partial charge in [0.2, 0.25) is 0 Å². The molecule has 0 amide bonds. The molecule has 88 valence electrons. The Hall–Kier alpha value is -0.610. The molecule has 15 heavy (non-hydrogen) atoms. The van der Waals surface area contributed by atoms with Gasteiger partial charge >= 0.3 is 5.97 Å². The van der Waals surface area contributed by atoms with Crippen molar-refractivity contribution in [3.05, 3.63) is 0 Å². The average molecular weight is 215 g/mol. The molecule has 0 spiro atoms. The van der Waals surface area contributed by atoms with Crippen molar-refractivity contribution in [1.29, 1.82) is 0 Å². The fraction of sp³-hybridized carbons (Fsp3) is 0.909. The SMILES string of the molecule is CCOC(=O)C1CNCC1(CC)COC. The van der Waals surface area contributed by atoms with Gasteiger partial charge < -0.3 is 14.8 Å². The van der Waals surface area contributed by atoms with Crippen LogP contribution < -0.4 is 5.32 Å². The second kappa shape index (κ2) is 5.47. The number of carbonyl (C=O) groups excluding carboxylic acids is 1. The standard InChI is InChI=1S/C11H21NO3/c1-4-11(8-14-3)7-12-6-9(11)10(13)15-5-2/h9,12H,4-8H2,1-3H3. The van der Waals surface area contributed by atoms with Gasteiger partial charge in [0, 0.05) is 25.6 Å². The number of esters is 1. The summed E-state index contributed by atoms with van der Waals surface area (Å²) in [5, 5.41) is 3.26. The van der Waals surface area contributed by atoms with Crippen molar-refractivity contribution in [3.8, 4) is 0 Å². The zero-order chi connectivity index (χ0) is 11.3. The van der Waals surface area contributed by atoms with Crippen molar-refractivity contribution in [2.75, 3.05) is 33.4 Å². The maximum atomic E-state index is 11.8. The minimum Gasteiger partial charge on any atom is -0.466 e. The summed E-state index contributed by atoms with van der Waals surface area (Å²) in [7, 11) is 1.68. The molecule has 1 aliphatic rings. The second-order valence-electron chi connectivity index (χ2n) is 4.08. The van der Waals surface area contributed by atoms with Crippen LogP contribution in [0.2, 0.25) is 0 Å². The lowest BCUT2D eigenvalue weighted by molar-refractivity contribution is -0.152. The highest BCUT2D eigenvalue weighted by atomic mass is 16.5. The number of carbonyl (C=O) groups is 1. The maximum Gasteiger partial charge on any atom is 0.310 e. The van der Waals surface area contributed by atoms with Crippen LogP contribution in [0.5, 0.6) is 0 Å². The Balaban J connectivity index is 2.72. The molecule has 2 atom stereocenters. The van der Waals surface area contributed by atoms with Crippen molar-refractivity contribution < 1.29 is 14.3 Å². The summed E-state index contributed by atoms with van der Waals surface area (Å²) in [6.45, 7) is 6.53. The van der Waals surface area contributed by atoms with E-state index in [9.17, 15) is 4.79 Å². The lowest BCUT2D eigenvalue weighted by Gasteiger charge is -2.31. The van der Waals surface area contributed by atoms with Crippen molar-refractivity contribution >= 4 is 5.97 Å². The van der Waals surface area contributed by atoms with Gasteiger partial charge in [-0.1, -0.05) is 6.92 Å². The van der Waals surface area contributed by atoms with Crippen LogP contribution in [0, 0.1) is 11.3 Å². The minimum atomic E-state index is -0.0959. The summed E-state index contributed by atoms with van der Waals surface area (Å²) >= 11 is 0. The molecule has 4 heteroatoms. The van der Waals surface area contributed by atoms with Gasteiger partial charge in [0.25, 0.3) is 0 Å². The molecule has 0 aromatic heterocycles. The monoisotopic (exact) mass is 215 g/mol. The minimum absolute atomic E-state index is 0.0672. The summed E-state index contributed by atoms with van der Waals surface area (Å²) in [5.41, 5.74) is -0.0823. The average Bonchev–Trinajstić information content (AvgIpc) is 2.63. The number of methoxy groups -OCH3 is 1. The van der Waals surface area contributed by atoms with Gasteiger partial charge in [-0.25, -0.2) is 0 Å². The first-order valence-electron chi connectivity index (χ1n) is 5.56. The molecule has 0 bridgehead atoms. The summed E-state index contributed by atoms with van der Waals surface area (Å²) in [6.07, 6.45) is 0.928. The third kappa shape index (κ3) is 2.49. The van der Waals surface area contributed by atoms with Gasteiger partial charge in [-0.15, -0.1) is 0 Å². The molecule has 1 fully saturated rings. The van der Waals surface area contributed by atoms with Crippen molar-refractivity contribution in [3.63, 3.8) is 0 Å². The van der Waals surface area contributed by atoms with Crippen LogP contribution in [0.4, 0.5) is 0 Å². The van der Waals surface area contributed by atoms with Crippen LogP contribution in [-0.2, 0) is 14.3 Å². The fourth-order valence-corrected chi connectivity index (χ4v) is 2.29. The number of rotatable bonds is 5. The predicted octanol–water partition coefficient (Wildman–Crippen LogP) is 0.812. The molecular weight excluding hydrogens is 194 g/mol. The Morgan fingerprint density at radius 2 is 2.27 bits per heavy atom. The third-order valence-corrected chi connectivity index (χ3v) is 3.27. The predicted molar refractivity (Wildman–Crippen MR) is 57.6 cm³/mol. The zero-order valence-electron chi connectivity index (χ0n) is 9.84. The normalized spacial score (nSPS) is 30.5. The smallest absolute Gasteiger partial charge is 0.310 e. The molecule has 4 nitrogen and oxygen atoms in total. The zero-order valence-corrected chi connectivity index (χ0v) is 9.84. The largest absolute Gasteiger partial charge is 0.466 e. The quantitative estimate of drug-likeness (QED) is 0.689. The Bertz CT molecular complexity index is 220. The highest BCUT2D eigenvalue weighted by Crippen LogP contribution is 2.36. The molecular formula is C11H21NO3. The molecule has 2 unspecified atom stereocenters. The number of hydrogen-bond acceptors (Lipinski definition) is 4. The molecule has 0 radical (unpaired) electrons. The van der Waals surface area contributed by atoms with E-state index < -0.39 is 0 Å². The van der Waals surface area contributed by atoms with Gasteiger partial charge in [-0.3, -0.25) is 4.79 Å². The van der Waals surface area contributed by atoms with Crippen LogP contribution in [0.25, 0.3) is 0 Å². The van der Waals surface area contributed by atoms with Crippen LogP contribution in [-0.4, -0.2) is 39.4 Å². The van der Waals surface area contributed by atoms with Crippen molar-refractivity contribution in [2.45, 2.75) is 20.3 Å². The van der Waals surface area contributed by atoms with Gasteiger partial charge in [0.1, 0.15) is 0 Å². The van der Waals surface area contributed by atoms with Gasteiger partial charge in [0.15, 0.2) is 0 Å². The number of hydrogen-bond donors (Lipinski definition) is 1. The van der Waals surface area contributed by atoms with Crippen LogP contribution >= 0.6 is 0 Å². The Morgan fingerprint density at radius 1 is 1.53 bits per heavy atom. The molecule has 0 aliphatic carbocycles. The highest BCUT2D eigenvalue weighted by Gasteiger charge is 2.46. The van der Waals surface area contributed by atoms with E-state index in [-0.39, 0.29) is 17.3 Å².